The van der Waals surface area contributed by atoms with Crippen molar-refractivity contribution in [1.82, 2.24) is 46.4 Å². The van der Waals surface area contributed by atoms with Crippen LogP contribution in [0, 0.1) is 12.7 Å². The first-order valence-electron chi connectivity index (χ1n) is 24.3. The van der Waals surface area contributed by atoms with E-state index in [2.05, 4.69) is 31.9 Å². The first kappa shape index (κ1) is 53.5. The molecule has 2 aromatic carbocycles. The van der Waals surface area contributed by atoms with Crippen LogP contribution in [0.2, 0.25) is 0 Å². The second-order valence-corrected chi connectivity index (χ2v) is 19.3. The second-order valence-electron chi connectivity index (χ2n) is 19.3. The number of hydrogen-bond donors (Lipinski definition) is 8. The lowest BCUT2D eigenvalue weighted by atomic mass is 9.81. The van der Waals surface area contributed by atoms with Gasteiger partial charge in [-0.15, -0.1) is 0 Å². The summed E-state index contributed by atoms with van der Waals surface area (Å²) in [7, 11) is 0. The molecular weight excluding hydrogens is 950 g/mol. The standard InChI is InChI=1S/C51H62FN9O12/c1-6-51(71)33-21-38-45-31(26-61(38)47(68)32(33)27-72-48(51)69)44-35(13-12-30-28(2)34(52)22-36(59-45)43(30)44)57-39(63)14-16-60(18-19-62)17-15-53-40(64)23-55-46(67)37(20-29-10-8-7-9-11-29)58-42(66)25-54-41(65)24-56-49(70)73-50(3,4)5/h7-11,21-22,35,37,62,71H,6,12-20,23-27H2,1-5H3,(H,53,64)(H,54,65)(H,55,67)(H,56,70)(H,57,63)(H,58,66)/t35-,37?,51-/m0/s1. The van der Waals surface area contributed by atoms with Crippen LogP contribution in [0.15, 0.2) is 47.3 Å². The highest BCUT2D eigenvalue weighted by molar-refractivity contribution is 5.95. The predicted molar refractivity (Wildman–Crippen MR) is 262 cm³/mol. The summed E-state index contributed by atoms with van der Waals surface area (Å²) in [6.45, 7) is 7.19. The molecule has 1 unspecified atom stereocenters. The number of benzene rings is 2. The number of esters is 1. The number of aliphatic hydroxyl groups is 2. The van der Waals surface area contributed by atoms with Crippen LogP contribution < -0.4 is 37.5 Å². The average molecular weight is 1010 g/mol. The Balaban J connectivity index is 0.940. The summed E-state index contributed by atoms with van der Waals surface area (Å²) in [5.41, 5.74) is 1.44. The molecule has 2 aliphatic heterocycles. The normalized spacial score (nSPS) is 16.8. The third-order valence-electron chi connectivity index (χ3n) is 13.1. The van der Waals surface area contributed by atoms with Crippen molar-refractivity contribution in [1.29, 1.82) is 0 Å². The minimum atomic E-state index is -2.04. The molecule has 3 aliphatic rings. The van der Waals surface area contributed by atoms with Gasteiger partial charge in [0.1, 0.15) is 30.6 Å². The van der Waals surface area contributed by atoms with Gasteiger partial charge in [0.25, 0.3) is 5.56 Å². The number of fused-ring (bicyclic) bond motifs is 5. The van der Waals surface area contributed by atoms with Crippen LogP contribution >= 0.6 is 0 Å². The van der Waals surface area contributed by atoms with Crippen molar-refractivity contribution in [3.8, 4) is 11.4 Å². The Bertz CT molecular complexity index is 2890. The van der Waals surface area contributed by atoms with Crippen LogP contribution in [0.1, 0.15) is 91.9 Å². The molecule has 4 aromatic rings. The number of halogens is 1. The SMILES string of the molecule is CC[C@@]1(O)C(=O)OCc2c1cc1n(c2=O)Cc2c-1nc1cc(F)c(C)c3c1c2[C@@H](NC(=O)CCN(CCO)CCNC(=O)CNC(=O)C(Cc1ccccc1)NC(=O)CNC(=O)CNC(=O)OC(C)(C)C)CC3. The van der Waals surface area contributed by atoms with Gasteiger partial charge in [0.2, 0.25) is 29.5 Å². The lowest BCUT2D eigenvalue weighted by Crippen LogP contribution is -2.52. The molecule has 390 valence electrons. The van der Waals surface area contributed by atoms with Crippen molar-refractivity contribution in [2.75, 3.05) is 52.4 Å². The summed E-state index contributed by atoms with van der Waals surface area (Å²) in [6, 6.07) is 10.1. The number of hydrogen-bond acceptors (Lipinski definition) is 14. The molecular formula is C51H62FN9O12. The van der Waals surface area contributed by atoms with Crippen molar-refractivity contribution in [3.05, 3.63) is 97.6 Å². The van der Waals surface area contributed by atoms with E-state index in [0.29, 0.717) is 51.8 Å². The van der Waals surface area contributed by atoms with Gasteiger partial charge >= 0.3 is 12.1 Å². The van der Waals surface area contributed by atoms with E-state index in [4.69, 9.17) is 14.5 Å². The molecule has 8 N–H and O–H groups in total. The molecule has 0 saturated heterocycles. The van der Waals surface area contributed by atoms with Crippen LogP contribution in [0.3, 0.4) is 0 Å². The van der Waals surface area contributed by atoms with E-state index < -0.39 is 90.0 Å². The van der Waals surface area contributed by atoms with E-state index in [1.54, 1.807) is 75.9 Å². The molecule has 0 spiro atoms. The predicted octanol–water partition coefficient (Wildman–Crippen LogP) is 0.916. The molecule has 6 amide bonds. The number of carbonyl (C=O) groups excluding carboxylic acids is 7. The Morgan fingerprint density at radius 2 is 1.64 bits per heavy atom. The summed E-state index contributed by atoms with van der Waals surface area (Å²) in [6.07, 6.45) is 0.0982. The van der Waals surface area contributed by atoms with Crippen LogP contribution in [0.5, 0.6) is 0 Å². The number of cyclic esters (lactones) is 1. The maximum absolute atomic E-state index is 15.4. The van der Waals surface area contributed by atoms with Gasteiger partial charge < -0.3 is 56.2 Å². The molecule has 2 aromatic heterocycles. The molecule has 1 aliphatic carbocycles. The molecule has 3 atom stereocenters. The van der Waals surface area contributed by atoms with Crippen LogP contribution in [0.4, 0.5) is 9.18 Å². The minimum absolute atomic E-state index is 0.00340. The van der Waals surface area contributed by atoms with Crippen LogP contribution in [-0.4, -0.2) is 130 Å². The summed E-state index contributed by atoms with van der Waals surface area (Å²) in [5.74, 6) is -4.17. The Labute approximate surface area is 420 Å². The highest BCUT2D eigenvalue weighted by atomic mass is 19.1. The molecule has 22 heteroatoms. The number of aliphatic hydroxyl groups excluding tert-OH is 1. The van der Waals surface area contributed by atoms with Crippen molar-refractivity contribution in [2.45, 2.75) is 103 Å². The van der Waals surface area contributed by atoms with Gasteiger partial charge in [-0.05, 0) is 75.3 Å². The van der Waals surface area contributed by atoms with E-state index in [0.717, 1.165) is 11.1 Å². The third kappa shape index (κ3) is 12.3. The number of alkyl carbamates (subject to hydrolysis) is 1. The number of nitrogens with zero attached hydrogens (tertiary/aromatic N) is 3. The van der Waals surface area contributed by atoms with Crippen molar-refractivity contribution in [3.63, 3.8) is 0 Å². The average Bonchev–Trinajstić information content (AvgIpc) is 3.72. The molecule has 21 nitrogen and oxygen atoms in total. The summed E-state index contributed by atoms with van der Waals surface area (Å²) >= 11 is 0. The van der Waals surface area contributed by atoms with Gasteiger partial charge in [-0.2, -0.15) is 0 Å². The second kappa shape index (κ2) is 22.6. The van der Waals surface area contributed by atoms with Crippen LogP contribution in [-0.2, 0) is 69.8 Å². The molecule has 0 bridgehead atoms. The van der Waals surface area contributed by atoms with Gasteiger partial charge in [-0.1, -0.05) is 37.3 Å². The fraction of sp³-hybridized carbons (Fsp3) is 0.471. The van der Waals surface area contributed by atoms with Gasteiger partial charge in [0.15, 0.2) is 5.60 Å². The number of nitrogens with one attached hydrogen (secondary N) is 6. The van der Waals surface area contributed by atoms with Crippen molar-refractivity contribution >= 4 is 52.5 Å². The topological polar surface area (TPSA) is 289 Å². The first-order chi connectivity index (χ1) is 34.7. The first-order valence-corrected chi connectivity index (χ1v) is 24.3. The number of rotatable bonds is 20. The number of aromatic nitrogens is 2. The lowest BCUT2D eigenvalue weighted by molar-refractivity contribution is -0.172. The quantitative estimate of drug-likeness (QED) is 0.0504. The van der Waals surface area contributed by atoms with Gasteiger partial charge in [-0.3, -0.25) is 33.7 Å². The van der Waals surface area contributed by atoms with Gasteiger partial charge in [0.05, 0.1) is 54.8 Å². The maximum atomic E-state index is 15.4. The number of carbonyl (C=O) groups is 7. The zero-order valence-electron chi connectivity index (χ0n) is 41.5. The Morgan fingerprint density at radius 1 is 0.932 bits per heavy atom. The maximum Gasteiger partial charge on any atom is 0.408 e. The van der Waals surface area contributed by atoms with Gasteiger partial charge in [-0.25, -0.2) is 19.0 Å². The summed E-state index contributed by atoms with van der Waals surface area (Å²) < 4.78 is 27.2. The lowest BCUT2D eigenvalue weighted by Gasteiger charge is -2.31. The van der Waals surface area contributed by atoms with E-state index in [1.165, 1.54) is 10.6 Å². The summed E-state index contributed by atoms with van der Waals surface area (Å²) in [5, 5.41) is 37.6. The molecule has 0 radical (unpaired) electrons. The number of amides is 6. The molecule has 7 rings (SSSR count). The fourth-order valence-corrected chi connectivity index (χ4v) is 9.42. The van der Waals surface area contributed by atoms with E-state index in [1.807, 2.05) is 0 Å². The highest BCUT2D eigenvalue weighted by Crippen LogP contribution is 2.46. The van der Waals surface area contributed by atoms with Gasteiger partial charge in [0, 0.05) is 61.6 Å². The zero-order valence-corrected chi connectivity index (χ0v) is 41.5. The monoisotopic (exact) mass is 1010 g/mol. The number of ether oxygens (including phenoxy) is 2. The summed E-state index contributed by atoms with van der Waals surface area (Å²) in [4.78, 5) is 110. The molecule has 0 saturated carbocycles. The number of pyridine rings is 2. The minimum Gasteiger partial charge on any atom is -0.458 e. The van der Waals surface area contributed by atoms with E-state index in [9.17, 15) is 48.6 Å². The highest BCUT2D eigenvalue weighted by Gasteiger charge is 2.46. The van der Waals surface area contributed by atoms with E-state index >= 15 is 4.39 Å². The van der Waals surface area contributed by atoms with Crippen molar-refractivity contribution in [2.24, 2.45) is 0 Å². The Hall–Kier alpha value is -7.30. The third-order valence-corrected chi connectivity index (χ3v) is 13.1. The molecule has 73 heavy (non-hydrogen) atoms. The fourth-order valence-electron chi connectivity index (χ4n) is 9.42. The molecule has 4 heterocycles. The largest absolute Gasteiger partial charge is 0.458 e. The molecule has 0 fully saturated rings. The van der Waals surface area contributed by atoms with Crippen molar-refractivity contribution < 1.29 is 57.6 Å². The number of aryl methyl sites for hydroxylation is 1. The smallest absolute Gasteiger partial charge is 0.408 e. The Kier molecular flexibility index (Phi) is 16.6. The van der Waals surface area contributed by atoms with E-state index in [-0.39, 0.29) is 82.2 Å². The van der Waals surface area contributed by atoms with Crippen LogP contribution in [0.25, 0.3) is 22.3 Å². The Morgan fingerprint density at radius 3 is 2.36 bits per heavy atom. The zero-order chi connectivity index (χ0) is 52.8.